The summed E-state index contributed by atoms with van der Waals surface area (Å²) >= 11 is 6.49. The Bertz CT molecular complexity index is 172. The molecule has 12 heavy (non-hydrogen) atoms. The van der Waals surface area contributed by atoms with Gasteiger partial charge in [-0.15, -0.1) is 0 Å². The molecule has 0 spiro atoms. The van der Waals surface area contributed by atoms with E-state index >= 15 is 0 Å². The van der Waals surface area contributed by atoms with Crippen molar-refractivity contribution in [2.45, 2.75) is 16.6 Å². The molecule has 4 heteroatoms. The molecule has 1 unspecified atom stereocenters. The van der Waals surface area contributed by atoms with Gasteiger partial charge in [0.1, 0.15) is 3.74 Å². The molecule has 0 aromatic heterocycles. The average Bonchev–Trinajstić information content (AvgIpc) is 2.03. The molecular weight excluding hydrogens is 286 g/mol. The maximum Gasteiger partial charge on any atom is 0.161 e. The molecule has 1 heterocycles. The number of hydrogen-bond acceptors (Lipinski definition) is 2. The zero-order chi connectivity index (χ0) is 9.14. The number of halogens is 2. The molecule has 70 valence electrons. The van der Waals surface area contributed by atoms with Crippen LogP contribution in [-0.2, 0) is 4.79 Å². The van der Waals surface area contributed by atoms with Gasteiger partial charge in [0, 0.05) is 12.5 Å². The van der Waals surface area contributed by atoms with Crippen LogP contribution in [0.2, 0.25) is 0 Å². The molecule has 0 aromatic rings. The number of hydrogen-bond donors (Lipinski definition) is 0. The largest absolute Gasteiger partial charge is 0.306 e. The first-order valence-corrected chi connectivity index (χ1v) is 5.95. The van der Waals surface area contributed by atoms with E-state index in [9.17, 15) is 4.79 Å². The van der Waals surface area contributed by atoms with Gasteiger partial charge in [-0.05, 0) is 26.4 Å². The number of ketones is 1. The second-order valence-electron chi connectivity index (χ2n) is 3.30. The minimum Gasteiger partial charge on any atom is -0.306 e. The highest BCUT2D eigenvalue weighted by molar-refractivity contribution is 9.25. The van der Waals surface area contributed by atoms with Crippen LogP contribution in [0.25, 0.3) is 0 Å². The van der Waals surface area contributed by atoms with Crippen LogP contribution in [0.5, 0.6) is 0 Å². The van der Waals surface area contributed by atoms with Crippen LogP contribution in [0.15, 0.2) is 0 Å². The summed E-state index contributed by atoms with van der Waals surface area (Å²) in [7, 11) is 2.07. The smallest absolute Gasteiger partial charge is 0.161 e. The Kier molecular flexibility index (Phi) is 4.20. The fraction of sp³-hybridized carbons (Fsp3) is 0.875. The number of rotatable bonds is 2. The first-order chi connectivity index (χ1) is 5.61. The summed E-state index contributed by atoms with van der Waals surface area (Å²) in [5.74, 6) is 0.494. The lowest BCUT2D eigenvalue weighted by molar-refractivity contribution is -0.122. The van der Waals surface area contributed by atoms with Gasteiger partial charge < -0.3 is 4.90 Å². The van der Waals surface area contributed by atoms with Crippen LogP contribution in [-0.4, -0.2) is 34.6 Å². The van der Waals surface area contributed by atoms with Gasteiger partial charge in [0.25, 0.3) is 0 Å². The summed E-state index contributed by atoms with van der Waals surface area (Å²) in [6.07, 6.45) is 2.18. The molecule has 0 saturated carbocycles. The molecule has 1 aliphatic rings. The molecule has 0 bridgehead atoms. The van der Waals surface area contributed by atoms with Crippen molar-refractivity contribution in [2.75, 3.05) is 20.1 Å². The average molecular weight is 299 g/mol. The van der Waals surface area contributed by atoms with Gasteiger partial charge in [0.15, 0.2) is 5.78 Å². The topological polar surface area (TPSA) is 20.3 Å². The van der Waals surface area contributed by atoms with Crippen LogP contribution < -0.4 is 0 Å². The third-order valence-electron chi connectivity index (χ3n) is 2.24. The molecular formula is C8H13Br2NO. The summed E-state index contributed by atoms with van der Waals surface area (Å²) in [6, 6.07) is 0. The second kappa shape index (κ2) is 4.72. The van der Waals surface area contributed by atoms with Crippen molar-refractivity contribution in [3.05, 3.63) is 0 Å². The van der Waals surface area contributed by atoms with Gasteiger partial charge in [0.05, 0.1) is 0 Å². The van der Waals surface area contributed by atoms with Crippen LogP contribution in [0.3, 0.4) is 0 Å². The Morgan fingerprint density at radius 2 is 2.25 bits per heavy atom. The van der Waals surface area contributed by atoms with E-state index in [2.05, 4.69) is 43.8 Å². The maximum atomic E-state index is 11.5. The van der Waals surface area contributed by atoms with Crippen LogP contribution >= 0.6 is 31.9 Å². The Morgan fingerprint density at radius 1 is 1.58 bits per heavy atom. The van der Waals surface area contributed by atoms with Crippen molar-refractivity contribution in [1.29, 1.82) is 0 Å². The van der Waals surface area contributed by atoms with Crippen LogP contribution in [0.1, 0.15) is 12.8 Å². The van der Waals surface area contributed by atoms with Gasteiger partial charge in [-0.1, -0.05) is 31.9 Å². The molecule has 1 atom stereocenters. The summed E-state index contributed by atoms with van der Waals surface area (Å²) in [6.45, 7) is 2.03. The Balaban J connectivity index is 2.46. The normalized spacial score (nSPS) is 26.2. The Morgan fingerprint density at radius 3 is 2.75 bits per heavy atom. The number of piperidine rings is 1. The third-order valence-corrected chi connectivity index (χ3v) is 3.14. The first kappa shape index (κ1) is 10.7. The zero-order valence-corrected chi connectivity index (χ0v) is 10.3. The molecule has 0 aliphatic carbocycles. The lowest BCUT2D eigenvalue weighted by Gasteiger charge is -2.28. The van der Waals surface area contributed by atoms with Crippen molar-refractivity contribution >= 4 is 37.6 Å². The van der Waals surface area contributed by atoms with Gasteiger partial charge in [-0.25, -0.2) is 0 Å². The van der Waals surface area contributed by atoms with Crippen molar-refractivity contribution in [1.82, 2.24) is 4.90 Å². The molecule has 1 rings (SSSR count). The number of Topliss-reactive ketones (excluding diaryl/α,β-unsaturated/α-hetero) is 1. The van der Waals surface area contributed by atoms with Gasteiger partial charge in [-0.2, -0.15) is 0 Å². The Labute approximate surface area is 89.9 Å². The summed E-state index contributed by atoms with van der Waals surface area (Å²) in [4.78, 5) is 13.7. The summed E-state index contributed by atoms with van der Waals surface area (Å²) in [5, 5.41) is 0. The van der Waals surface area contributed by atoms with Crippen molar-refractivity contribution in [3.63, 3.8) is 0 Å². The standard InChI is InChI=1S/C8H13Br2NO/c1-11-4-2-3-6(5-11)7(12)8(9)10/h6,8H,2-5H2,1H3. The molecule has 2 nitrogen and oxygen atoms in total. The SMILES string of the molecule is CN1CCCC(C(=O)C(Br)Br)C1. The van der Waals surface area contributed by atoms with E-state index in [1.54, 1.807) is 0 Å². The molecule has 1 saturated heterocycles. The lowest BCUT2D eigenvalue weighted by atomic mass is 9.95. The molecule has 0 N–H and O–H groups in total. The summed E-state index contributed by atoms with van der Waals surface area (Å²) < 4.78 is -0.165. The fourth-order valence-corrected chi connectivity index (χ4v) is 2.32. The quantitative estimate of drug-likeness (QED) is 0.727. The van der Waals surface area contributed by atoms with Crippen molar-refractivity contribution in [2.24, 2.45) is 5.92 Å². The van der Waals surface area contributed by atoms with E-state index in [-0.39, 0.29) is 15.4 Å². The predicted octanol–water partition coefficient (Wildman–Crippen LogP) is 2.01. The van der Waals surface area contributed by atoms with E-state index in [1.165, 1.54) is 0 Å². The van der Waals surface area contributed by atoms with E-state index in [0.717, 1.165) is 25.9 Å². The van der Waals surface area contributed by atoms with E-state index in [0.29, 0.717) is 0 Å². The van der Waals surface area contributed by atoms with Crippen LogP contribution in [0.4, 0.5) is 0 Å². The van der Waals surface area contributed by atoms with Crippen molar-refractivity contribution < 1.29 is 4.79 Å². The highest BCUT2D eigenvalue weighted by Gasteiger charge is 2.26. The number of carbonyl (C=O) groups excluding carboxylic acids is 1. The highest BCUT2D eigenvalue weighted by Crippen LogP contribution is 2.22. The van der Waals surface area contributed by atoms with Crippen molar-refractivity contribution in [3.8, 4) is 0 Å². The molecule has 1 aliphatic heterocycles. The number of likely N-dealkylation sites (tertiary alicyclic amines) is 1. The number of alkyl halides is 2. The maximum absolute atomic E-state index is 11.5. The highest BCUT2D eigenvalue weighted by atomic mass is 79.9. The van der Waals surface area contributed by atoms with E-state index < -0.39 is 0 Å². The van der Waals surface area contributed by atoms with Gasteiger partial charge in [0.2, 0.25) is 0 Å². The molecule has 1 fully saturated rings. The van der Waals surface area contributed by atoms with Gasteiger partial charge >= 0.3 is 0 Å². The minimum atomic E-state index is -0.165. The van der Waals surface area contributed by atoms with Crippen LogP contribution in [0, 0.1) is 5.92 Å². The van der Waals surface area contributed by atoms with E-state index in [1.807, 2.05) is 0 Å². The van der Waals surface area contributed by atoms with Gasteiger partial charge in [-0.3, -0.25) is 4.79 Å². The minimum absolute atomic E-state index is 0.165. The lowest BCUT2D eigenvalue weighted by Crippen LogP contribution is -2.37. The molecule has 0 radical (unpaired) electrons. The fourth-order valence-electron chi connectivity index (χ4n) is 1.58. The second-order valence-corrected chi connectivity index (χ2v) is 6.36. The zero-order valence-electron chi connectivity index (χ0n) is 7.09. The predicted molar refractivity (Wildman–Crippen MR) is 56.9 cm³/mol. The Hall–Kier alpha value is 0.590. The summed E-state index contributed by atoms with van der Waals surface area (Å²) in [5.41, 5.74) is 0. The van der Waals surface area contributed by atoms with E-state index in [4.69, 9.17) is 0 Å². The monoisotopic (exact) mass is 297 g/mol. The molecule has 0 amide bonds. The third kappa shape index (κ3) is 2.82. The molecule has 0 aromatic carbocycles. The first-order valence-electron chi connectivity index (χ1n) is 4.11. The number of nitrogens with zero attached hydrogens (tertiary/aromatic N) is 1. The number of carbonyl (C=O) groups is 1.